The number of carbonyl (C=O) groups is 3. The zero-order chi connectivity index (χ0) is 24.7. The van der Waals surface area contributed by atoms with Gasteiger partial charge in [-0.05, 0) is 50.3 Å². The Bertz CT molecular complexity index is 1110. The standard InChI is InChI=1S/C22H23ClF3N5O3/c23-13-2-1-3-15(10-13)30-9-8-21(20(30)34)6-4-14(5-7-21)31(11-22(24,25)26)19(33)17-16(18(27)32)28-12-29-17/h1-3,10,12,14H,4-9,11H2,(H2,27,32)(H,28,29)/t14-,21-. The molecule has 1 aliphatic heterocycles. The summed E-state index contributed by atoms with van der Waals surface area (Å²) in [4.78, 5) is 46.3. The molecule has 3 amide bonds. The van der Waals surface area contributed by atoms with Gasteiger partial charge in [-0.15, -0.1) is 0 Å². The second-order valence-corrected chi connectivity index (χ2v) is 9.17. The van der Waals surface area contributed by atoms with Crippen LogP contribution in [0.4, 0.5) is 18.9 Å². The lowest BCUT2D eigenvalue weighted by Gasteiger charge is -2.40. The zero-order valence-electron chi connectivity index (χ0n) is 18.1. The highest BCUT2D eigenvalue weighted by Gasteiger charge is 2.50. The number of amides is 3. The summed E-state index contributed by atoms with van der Waals surface area (Å²) in [5.74, 6) is -2.09. The van der Waals surface area contributed by atoms with E-state index >= 15 is 0 Å². The highest BCUT2D eigenvalue weighted by atomic mass is 35.5. The number of halogens is 4. The van der Waals surface area contributed by atoms with Gasteiger partial charge >= 0.3 is 6.18 Å². The maximum absolute atomic E-state index is 13.4. The predicted octanol–water partition coefficient (Wildman–Crippen LogP) is 3.53. The van der Waals surface area contributed by atoms with Crippen LogP contribution in [-0.4, -0.2) is 57.9 Å². The van der Waals surface area contributed by atoms with E-state index in [0.717, 1.165) is 6.33 Å². The lowest BCUT2D eigenvalue weighted by molar-refractivity contribution is -0.147. The van der Waals surface area contributed by atoms with Crippen LogP contribution >= 0.6 is 11.6 Å². The highest BCUT2D eigenvalue weighted by molar-refractivity contribution is 6.31. The fraction of sp³-hybridized carbons (Fsp3) is 0.455. The molecular formula is C22H23ClF3N5O3. The Morgan fingerprint density at radius 2 is 1.97 bits per heavy atom. The summed E-state index contributed by atoms with van der Waals surface area (Å²) >= 11 is 6.05. The number of nitrogens with two attached hydrogens (primary N) is 1. The molecule has 0 atom stereocenters. The van der Waals surface area contributed by atoms with E-state index in [4.69, 9.17) is 17.3 Å². The number of primary amides is 1. The molecule has 4 rings (SSSR count). The molecule has 0 unspecified atom stereocenters. The number of alkyl halides is 3. The molecule has 2 fully saturated rings. The molecule has 1 spiro atoms. The number of hydrogen-bond acceptors (Lipinski definition) is 4. The van der Waals surface area contributed by atoms with Crippen molar-refractivity contribution in [2.24, 2.45) is 11.1 Å². The first-order chi connectivity index (χ1) is 16.0. The van der Waals surface area contributed by atoms with Gasteiger partial charge in [-0.2, -0.15) is 13.2 Å². The maximum atomic E-state index is 13.4. The van der Waals surface area contributed by atoms with Crippen molar-refractivity contribution in [1.29, 1.82) is 0 Å². The van der Waals surface area contributed by atoms with Crippen molar-refractivity contribution in [1.82, 2.24) is 14.9 Å². The molecule has 1 aromatic heterocycles. The SMILES string of the molecule is NC(=O)c1[nH]cnc1C(=O)N(CC(F)(F)F)[C@H]1CC[C@@]2(CCN(c3cccc(Cl)c3)C2=O)CC1. The average molecular weight is 498 g/mol. The molecule has 1 aromatic carbocycles. The van der Waals surface area contributed by atoms with Gasteiger partial charge in [0.25, 0.3) is 11.8 Å². The number of nitrogens with zero attached hydrogens (tertiary/aromatic N) is 3. The third-order valence-corrected chi connectivity index (χ3v) is 6.92. The Kier molecular flexibility index (Phi) is 6.32. The van der Waals surface area contributed by atoms with Crippen LogP contribution in [-0.2, 0) is 4.79 Å². The number of imidazole rings is 1. The third kappa shape index (κ3) is 4.61. The Labute approximate surface area is 198 Å². The molecule has 2 aromatic rings. The van der Waals surface area contributed by atoms with Crippen molar-refractivity contribution in [3.05, 3.63) is 47.0 Å². The Hall–Kier alpha value is -3.08. The van der Waals surface area contributed by atoms with Crippen LogP contribution in [0.25, 0.3) is 0 Å². The second-order valence-electron chi connectivity index (χ2n) is 8.74. The van der Waals surface area contributed by atoms with Crippen molar-refractivity contribution in [3.63, 3.8) is 0 Å². The van der Waals surface area contributed by atoms with Gasteiger partial charge in [-0.25, -0.2) is 4.98 Å². The average Bonchev–Trinajstić information content (AvgIpc) is 3.38. The molecule has 12 heteroatoms. The van der Waals surface area contributed by atoms with Crippen LogP contribution in [0.3, 0.4) is 0 Å². The summed E-state index contributed by atoms with van der Waals surface area (Å²) in [6.07, 6.45) is -1.92. The highest BCUT2D eigenvalue weighted by Crippen LogP contribution is 2.47. The molecule has 8 nitrogen and oxygen atoms in total. The van der Waals surface area contributed by atoms with Crippen LogP contribution in [0.5, 0.6) is 0 Å². The van der Waals surface area contributed by atoms with Gasteiger partial charge in [0.1, 0.15) is 12.2 Å². The van der Waals surface area contributed by atoms with E-state index in [1.807, 2.05) is 0 Å². The van der Waals surface area contributed by atoms with Crippen LogP contribution in [0.15, 0.2) is 30.6 Å². The smallest absolute Gasteiger partial charge is 0.364 e. The first-order valence-corrected chi connectivity index (χ1v) is 11.2. The van der Waals surface area contributed by atoms with Crippen molar-refractivity contribution >= 4 is 35.0 Å². The molecule has 2 aliphatic rings. The Morgan fingerprint density at radius 1 is 1.26 bits per heavy atom. The van der Waals surface area contributed by atoms with E-state index in [1.165, 1.54) is 0 Å². The van der Waals surface area contributed by atoms with Crippen LogP contribution in [0.2, 0.25) is 5.02 Å². The van der Waals surface area contributed by atoms with E-state index in [2.05, 4.69) is 9.97 Å². The monoisotopic (exact) mass is 497 g/mol. The molecule has 2 heterocycles. The minimum absolute atomic E-state index is 0.0785. The molecule has 1 saturated heterocycles. The number of nitrogens with one attached hydrogen (secondary N) is 1. The van der Waals surface area contributed by atoms with Crippen molar-refractivity contribution < 1.29 is 27.6 Å². The lowest BCUT2D eigenvalue weighted by Crippen LogP contribution is -2.49. The molecule has 0 radical (unpaired) electrons. The van der Waals surface area contributed by atoms with E-state index in [1.54, 1.807) is 29.2 Å². The van der Waals surface area contributed by atoms with Crippen molar-refractivity contribution in [2.75, 3.05) is 18.0 Å². The van der Waals surface area contributed by atoms with Gasteiger partial charge in [-0.3, -0.25) is 14.4 Å². The van der Waals surface area contributed by atoms with Crippen molar-refractivity contribution in [3.8, 4) is 0 Å². The van der Waals surface area contributed by atoms with E-state index in [0.29, 0.717) is 41.4 Å². The first-order valence-electron chi connectivity index (χ1n) is 10.8. The number of H-pyrrole nitrogens is 1. The minimum atomic E-state index is -4.65. The van der Waals surface area contributed by atoms with Gasteiger partial charge in [0.15, 0.2) is 5.69 Å². The molecule has 3 N–H and O–H groups in total. The quantitative estimate of drug-likeness (QED) is 0.658. The number of aromatic amines is 1. The molecule has 182 valence electrons. The van der Waals surface area contributed by atoms with Gasteiger partial charge < -0.3 is 20.5 Å². The minimum Gasteiger partial charge on any atom is -0.364 e. The summed E-state index contributed by atoms with van der Waals surface area (Å²) in [5, 5.41) is 0.505. The first kappa shape index (κ1) is 24.1. The van der Waals surface area contributed by atoms with Gasteiger partial charge in [-0.1, -0.05) is 17.7 Å². The third-order valence-electron chi connectivity index (χ3n) is 6.68. The lowest BCUT2D eigenvalue weighted by atomic mass is 9.71. The predicted molar refractivity (Wildman–Crippen MR) is 117 cm³/mol. The van der Waals surface area contributed by atoms with E-state index < -0.39 is 41.7 Å². The normalized spacial score (nSPS) is 22.9. The molecule has 1 saturated carbocycles. The van der Waals surface area contributed by atoms with E-state index in [9.17, 15) is 27.6 Å². The zero-order valence-corrected chi connectivity index (χ0v) is 18.8. The largest absolute Gasteiger partial charge is 0.406 e. The summed E-state index contributed by atoms with van der Waals surface area (Å²) in [5.41, 5.74) is 4.43. The Morgan fingerprint density at radius 3 is 2.59 bits per heavy atom. The number of hydrogen-bond donors (Lipinski definition) is 2. The number of aromatic nitrogens is 2. The fourth-order valence-electron chi connectivity index (χ4n) is 4.98. The summed E-state index contributed by atoms with van der Waals surface area (Å²) in [7, 11) is 0. The number of carbonyl (C=O) groups excluding carboxylic acids is 3. The molecule has 0 bridgehead atoms. The summed E-state index contributed by atoms with van der Waals surface area (Å²) in [6.45, 7) is -0.999. The summed E-state index contributed by atoms with van der Waals surface area (Å²) < 4.78 is 40.1. The van der Waals surface area contributed by atoms with Gasteiger partial charge in [0, 0.05) is 23.3 Å². The number of anilines is 1. The van der Waals surface area contributed by atoms with Crippen LogP contribution in [0, 0.1) is 5.41 Å². The van der Waals surface area contributed by atoms with E-state index in [-0.39, 0.29) is 24.4 Å². The van der Waals surface area contributed by atoms with Crippen LogP contribution < -0.4 is 10.6 Å². The Balaban J connectivity index is 1.52. The summed E-state index contributed by atoms with van der Waals surface area (Å²) in [6, 6.07) is 6.20. The molecule has 1 aliphatic carbocycles. The number of rotatable bonds is 5. The molecular weight excluding hydrogens is 475 g/mol. The molecule has 34 heavy (non-hydrogen) atoms. The maximum Gasteiger partial charge on any atom is 0.406 e. The van der Waals surface area contributed by atoms with Gasteiger partial charge in [0.2, 0.25) is 5.91 Å². The second kappa shape index (κ2) is 8.94. The van der Waals surface area contributed by atoms with Gasteiger partial charge in [0.05, 0.1) is 11.7 Å². The van der Waals surface area contributed by atoms with Crippen molar-refractivity contribution in [2.45, 2.75) is 44.3 Å². The van der Waals surface area contributed by atoms with Crippen LogP contribution in [0.1, 0.15) is 53.1 Å². The fourth-order valence-corrected chi connectivity index (χ4v) is 5.17. The topological polar surface area (TPSA) is 112 Å². The number of benzene rings is 1.